The first-order valence-corrected chi connectivity index (χ1v) is 9.72. The number of nitrogens with one attached hydrogen (secondary N) is 2. The van der Waals surface area contributed by atoms with Gasteiger partial charge < -0.3 is 15.4 Å². The third-order valence-electron chi connectivity index (χ3n) is 3.78. The van der Waals surface area contributed by atoms with Crippen LogP contribution >= 0.6 is 11.8 Å². The van der Waals surface area contributed by atoms with Crippen LogP contribution in [0.25, 0.3) is 0 Å². The smallest absolute Gasteiger partial charge is 0.339 e. The van der Waals surface area contributed by atoms with Gasteiger partial charge in [0, 0.05) is 10.6 Å². The van der Waals surface area contributed by atoms with Gasteiger partial charge in [0.05, 0.1) is 12.1 Å². The first kappa shape index (κ1) is 20.5. The van der Waals surface area contributed by atoms with Crippen LogP contribution in [0.2, 0.25) is 0 Å². The van der Waals surface area contributed by atoms with Crippen molar-refractivity contribution in [1.29, 1.82) is 0 Å². The molecule has 0 atom stereocenters. The monoisotopic (exact) mass is 386 g/mol. The number of thioether (sulfide) groups is 1. The van der Waals surface area contributed by atoms with Gasteiger partial charge in [-0.25, -0.2) is 4.79 Å². The number of benzene rings is 2. The van der Waals surface area contributed by atoms with Crippen molar-refractivity contribution in [3.63, 3.8) is 0 Å². The molecule has 2 aromatic rings. The average molecular weight is 386 g/mol. The molecule has 0 aliphatic rings. The summed E-state index contributed by atoms with van der Waals surface area (Å²) in [5.41, 5.74) is 2.14. The van der Waals surface area contributed by atoms with Crippen molar-refractivity contribution in [3.8, 4) is 0 Å². The van der Waals surface area contributed by atoms with E-state index in [1.165, 1.54) is 11.8 Å². The molecule has 2 amide bonds. The van der Waals surface area contributed by atoms with E-state index in [2.05, 4.69) is 10.6 Å². The number of anilines is 1. The number of carbonyl (C=O) groups is 3. The minimum atomic E-state index is -0.573. The maximum atomic E-state index is 12.1. The number of aryl methyl sites for hydroxylation is 1. The van der Waals surface area contributed by atoms with E-state index in [9.17, 15) is 14.4 Å². The molecule has 0 bridgehead atoms. The molecule has 0 radical (unpaired) electrons. The Morgan fingerprint density at radius 3 is 2.44 bits per heavy atom. The van der Waals surface area contributed by atoms with E-state index in [0.717, 1.165) is 22.6 Å². The van der Waals surface area contributed by atoms with Gasteiger partial charge in [0.25, 0.3) is 5.91 Å². The highest BCUT2D eigenvalue weighted by Gasteiger charge is 2.14. The van der Waals surface area contributed by atoms with Gasteiger partial charge in [0.15, 0.2) is 6.61 Å². The molecule has 0 aliphatic carbocycles. The number of carbonyl (C=O) groups excluding carboxylic acids is 3. The number of para-hydroxylation sites is 1. The van der Waals surface area contributed by atoms with E-state index in [-0.39, 0.29) is 12.5 Å². The topological polar surface area (TPSA) is 84.5 Å². The zero-order valence-electron chi connectivity index (χ0n) is 15.3. The first-order valence-electron chi connectivity index (χ1n) is 8.49. The normalized spacial score (nSPS) is 10.1. The van der Waals surface area contributed by atoms with Gasteiger partial charge in [-0.3, -0.25) is 9.59 Å². The zero-order valence-corrected chi connectivity index (χ0v) is 16.1. The minimum Gasteiger partial charge on any atom is -0.452 e. The van der Waals surface area contributed by atoms with Gasteiger partial charge in [-0.2, -0.15) is 0 Å². The van der Waals surface area contributed by atoms with Gasteiger partial charge in [-0.15, -0.1) is 11.8 Å². The van der Waals surface area contributed by atoms with E-state index in [1.54, 1.807) is 18.2 Å². The van der Waals surface area contributed by atoms with E-state index in [0.29, 0.717) is 5.56 Å². The summed E-state index contributed by atoms with van der Waals surface area (Å²) < 4.78 is 5.02. The van der Waals surface area contributed by atoms with Crippen LogP contribution in [-0.4, -0.2) is 37.2 Å². The quantitative estimate of drug-likeness (QED) is 0.538. The van der Waals surface area contributed by atoms with Gasteiger partial charge in [0.2, 0.25) is 5.91 Å². The summed E-state index contributed by atoms with van der Waals surface area (Å²) in [5.74, 6) is -1.45. The molecular formula is C20H22N2O4S. The van der Waals surface area contributed by atoms with E-state index >= 15 is 0 Å². The molecule has 0 saturated heterocycles. The van der Waals surface area contributed by atoms with E-state index in [4.69, 9.17) is 4.74 Å². The van der Waals surface area contributed by atoms with Crippen molar-refractivity contribution in [2.45, 2.75) is 18.2 Å². The highest BCUT2D eigenvalue weighted by molar-refractivity contribution is 7.98. The van der Waals surface area contributed by atoms with Crippen molar-refractivity contribution in [2.24, 2.45) is 0 Å². The fourth-order valence-electron chi connectivity index (χ4n) is 2.40. The number of hydrogen-bond acceptors (Lipinski definition) is 5. The number of amides is 2. The lowest BCUT2D eigenvalue weighted by Crippen LogP contribution is -2.35. The molecule has 2 aromatic carbocycles. The molecule has 2 rings (SSSR count). The Balaban J connectivity index is 1.79. The summed E-state index contributed by atoms with van der Waals surface area (Å²) in [7, 11) is 0. The molecule has 27 heavy (non-hydrogen) atoms. The lowest BCUT2D eigenvalue weighted by Gasteiger charge is -2.11. The molecule has 0 fully saturated rings. The standard InChI is InChI=1S/C20H22N2O4S/c1-3-14-8-4-6-10-16(14)22-18(23)12-21-19(24)13-26-20(25)15-9-5-7-11-17(15)27-2/h4-11H,3,12-13H2,1-2H3,(H,21,24)(H,22,23). The van der Waals surface area contributed by atoms with E-state index in [1.807, 2.05) is 43.5 Å². The van der Waals surface area contributed by atoms with Crippen LogP contribution < -0.4 is 10.6 Å². The predicted molar refractivity (Wildman–Crippen MR) is 106 cm³/mol. The number of hydrogen-bond donors (Lipinski definition) is 2. The average Bonchev–Trinajstić information content (AvgIpc) is 2.70. The molecule has 0 unspecified atom stereocenters. The molecular weight excluding hydrogens is 364 g/mol. The largest absolute Gasteiger partial charge is 0.452 e. The molecule has 0 heterocycles. The lowest BCUT2D eigenvalue weighted by atomic mass is 10.1. The Morgan fingerprint density at radius 1 is 1.00 bits per heavy atom. The van der Waals surface area contributed by atoms with Crippen molar-refractivity contribution in [1.82, 2.24) is 5.32 Å². The zero-order chi connectivity index (χ0) is 19.6. The molecule has 0 aliphatic heterocycles. The van der Waals surface area contributed by atoms with Crippen LogP contribution in [0, 0.1) is 0 Å². The molecule has 0 spiro atoms. The number of ether oxygens (including phenoxy) is 1. The van der Waals surface area contributed by atoms with Crippen LogP contribution in [0.5, 0.6) is 0 Å². The Labute approximate surface area is 162 Å². The van der Waals surface area contributed by atoms with Gasteiger partial charge in [-0.1, -0.05) is 37.3 Å². The molecule has 0 saturated carbocycles. The summed E-state index contributed by atoms with van der Waals surface area (Å²) in [6, 6.07) is 14.5. The molecule has 7 heteroatoms. The Kier molecular flexibility index (Phi) is 7.88. The van der Waals surface area contributed by atoms with Crippen LogP contribution in [0.3, 0.4) is 0 Å². The second-order valence-electron chi connectivity index (χ2n) is 5.61. The van der Waals surface area contributed by atoms with Crippen molar-refractivity contribution in [2.75, 3.05) is 24.7 Å². The highest BCUT2D eigenvalue weighted by atomic mass is 32.2. The Hall–Kier alpha value is -2.80. The van der Waals surface area contributed by atoms with Crippen LogP contribution in [0.1, 0.15) is 22.8 Å². The number of rotatable bonds is 8. The Bertz CT molecular complexity index is 823. The summed E-state index contributed by atoms with van der Waals surface area (Å²) >= 11 is 1.42. The second-order valence-corrected chi connectivity index (χ2v) is 6.46. The number of esters is 1. The SMILES string of the molecule is CCc1ccccc1NC(=O)CNC(=O)COC(=O)c1ccccc1SC. The van der Waals surface area contributed by atoms with Gasteiger partial charge in [-0.05, 0) is 36.4 Å². The van der Waals surface area contributed by atoms with Crippen molar-refractivity contribution in [3.05, 3.63) is 59.7 Å². The molecule has 0 aromatic heterocycles. The van der Waals surface area contributed by atoms with Crippen LogP contribution in [0.15, 0.2) is 53.4 Å². The first-order chi connectivity index (χ1) is 13.0. The minimum absolute atomic E-state index is 0.199. The second kappa shape index (κ2) is 10.4. The van der Waals surface area contributed by atoms with Crippen LogP contribution in [-0.2, 0) is 20.7 Å². The predicted octanol–water partition coefficient (Wildman–Crippen LogP) is 2.88. The fourth-order valence-corrected chi connectivity index (χ4v) is 2.98. The van der Waals surface area contributed by atoms with Gasteiger partial charge >= 0.3 is 5.97 Å². The third kappa shape index (κ3) is 6.14. The van der Waals surface area contributed by atoms with Gasteiger partial charge in [0.1, 0.15) is 0 Å². The summed E-state index contributed by atoms with van der Waals surface area (Å²) in [4.78, 5) is 36.7. The molecule has 6 nitrogen and oxygen atoms in total. The fraction of sp³-hybridized carbons (Fsp3) is 0.250. The summed E-state index contributed by atoms with van der Waals surface area (Å²) in [5, 5.41) is 5.20. The maximum Gasteiger partial charge on any atom is 0.339 e. The third-order valence-corrected chi connectivity index (χ3v) is 4.58. The van der Waals surface area contributed by atoms with Crippen LogP contribution in [0.4, 0.5) is 5.69 Å². The van der Waals surface area contributed by atoms with E-state index < -0.39 is 18.5 Å². The summed E-state index contributed by atoms with van der Waals surface area (Å²) in [6.07, 6.45) is 2.64. The van der Waals surface area contributed by atoms with Crippen molar-refractivity contribution < 1.29 is 19.1 Å². The highest BCUT2D eigenvalue weighted by Crippen LogP contribution is 2.20. The summed E-state index contributed by atoms with van der Waals surface area (Å²) in [6.45, 7) is 1.35. The molecule has 142 valence electrons. The Morgan fingerprint density at radius 2 is 1.70 bits per heavy atom. The molecule has 2 N–H and O–H groups in total. The maximum absolute atomic E-state index is 12.1. The van der Waals surface area contributed by atoms with Crippen molar-refractivity contribution >= 4 is 35.2 Å². The lowest BCUT2D eigenvalue weighted by molar-refractivity contribution is -0.126.